The molecule has 0 aliphatic rings. The summed E-state index contributed by atoms with van der Waals surface area (Å²) in [5, 5.41) is 10.6. The fraction of sp³-hybridized carbons (Fsp3) is 0.750. The Labute approximate surface area is 47.7 Å². The predicted octanol–water partition coefficient (Wildman–Crippen LogP) is -0.965. The smallest absolute Gasteiger partial charge is 0.312 e. The zero-order chi connectivity index (χ0) is 6.57. The normalized spacial score (nSPS) is 12.8. The molecule has 1 atom stereocenters. The summed E-state index contributed by atoms with van der Waals surface area (Å²) in [6.45, 7) is 1.58. The highest BCUT2D eigenvalue weighted by molar-refractivity contribution is 5.71. The number of urea groups is 1. The van der Waals surface area contributed by atoms with E-state index in [1.54, 1.807) is 6.92 Å². The first kappa shape index (κ1) is 7.23. The minimum absolute atomic E-state index is 0.0804. The van der Waals surface area contributed by atoms with Crippen molar-refractivity contribution >= 4 is 6.03 Å². The Morgan fingerprint density at radius 1 is 2.00 bits per heavy atom. The Balaban J connectivity index is 3.24. The fourth-order valence-corrected chi connectivity index (χ4v) is 0.288. The molecule has 0 aromatic carbocycles. The lowest BCUT2D eigenvalue weighted by atomic mass is 10.4. The number of aliphatic hydroxyl groups excluding tert-OH is 1. The van der Waals surface area contributed by atoms with Crippen LogP contribution in [0.2, 0.25) is 0 Å². The molecule has 0 aromatic rings. The highest BCUT2D eigenvalue weighted by Crippen LogP contribution is 1.73. The lowest BCUT2D eigenvalue weighted by Crippen LogP contribution is -2.38. The van der Waals surface area contributed by atoms with E-state index in [-0.39, 0.29) is 12.6 Å². The van der Waals surface area contributed by atoms with Crippen molar-refractivity contribution in [3.05, 3.63) is 0 Å². The van der Waals surface area contributed by atoms with Crippen LogP contribution in [-0.2, 0) is 0 Å². The molecule has 4 N–H and O–H groups in total. The number of amides is 2. The average molecular weight is 118 g/mol. The van der Waals surface area contributed by atoms with Crippen molar-refractivity contribution < 1.29 is 9.90 Å². The van der Waals surface area contributed by atoms with E-state index in [1.807, 2.05) is 0 Å². The molecule has 4 nitrogen and oxygen atoms in total. The number of carbonyl (C=O) groups is 1. The number of hydrogen-bond acceptors (Lipinski definition) is 2. The Morgan fingerprint density at radius 3 is 2.62 bits per heavy atom. The van der Waals surface area contributed by atoms with Crippen LogP contribution >= 0.6 is 0 Å². The van der Waals surface area contributed by atoms with Crippen molar-refractivity contribution in [2.45, 2.75) is 13.0 Å². The summed E-state index contributed by atoms with van der Waals surface area (Å²) in [7, 11) is 0. The third kappa shape index (κ3) is 3.42. The van der Waals surface area contributed by atoms with E-state index in [0.29, 0.717) is 0 Å². The van der Waals surface area contributed by atoms with E-state index in [0.717, 1.165) is 0 Å². The number of nitrogens with one attached hydrogen (secondary N) is 1. The number of aliphatic hydroxyl groups is 1. The molecule has 0 heterocycles. The van der Waals surface area contributed by atoms with E-state index in [9.17, 15) is 4.79 Å². The molecule has 8 heavy (non-hydrogen) atoms. The molecule has 0 aliphatic heterocycles. The Hall–Kier alpha value is -0.770. The van der Waals surface area contributed by atoms with Crippen molar-refractivity contribution in [2.75, 3.05) is 6.61 Å². The monoisotopic (exact) mass is 118 g/mol. The minimum Gasteiger partial charge on any atom is -0.394 e. The van der Waals surface area contributed by atoms with Gasteiger partial charge in [-0.25, -0.2) is 4.79 Å². The Kier molecular flexibility index (Phi) is 2.95. The van der Waals surface area contributed by atoms with Crippen molar-refractivity contribution in [1.29, 1.82) is 0 Å². The third-order valence-corrected chi connectivity index (χ3v) is 0.663. The van der Waals surface area contributed by atoms with Gasteiger partial charge in [0.1, 0.15) is 0 Å². The molecule has 2 amide bonds. The lowest BCUT2D eigenvalue weighted by Gasteiger charge is -2.05. The van der Waals surface area contributed by atoms with Gasteiger partial charge in [0.15, 0.2) is 0 Å². The zero-order valence-electron chi connectivity index (χ0n) is 4.72. The summed E-state index contributed by atoms with van der Waals surface area (Å²) in [6, 6.07) is -0.848. The van der Waals surface area contributed by atoms with Gasteiger partial charge >= 0.3 is 6.03 Å². The maximum absolute atomic E-state index is 9.97. The molecule has 0 unspecified atom stereocenters. The van der Waals surface area contributed by atoms with Gasteiger partial charge in [0, 0.05) is 0 Å². The second kappa shape index (κ2) is 3.26. The van der Waals surface area contributed by atoms with Crippen molar-refractivity contribution in [3.8, 4) is 0 Å². The first-order valence-electron chi connectivity index (χ1n) is 2.33. The van der Waals surface area contributed by atoms with E-state index in [1.165, 1.54) is 0 Å². The fourth-order valence-electron chi connectivity index (χ4n) is 0.288. The van der Waals surface area contributed by atoms with Crippen LogP contribution in [0, 0.1) is 0 Å². The highest BCUT2D eigenvalue weighted by atomic mass is 16.3. The molecular formula is C4H10N2O2. The molecule has 0 fully saturated rings. The summed E-state index contributed by atoms with van der Waals surface area (Å²) >= 11 is 0. The number of carbonyl (C=O) groups excluding carboxylic acids is 1. The van der Waals surface area contributed by atoms with Gasteiger partial charge in [-0.2, -0.15) is 0 Å². The van der Waals surface area contributed by atoms with Gasteiger partial charge in [-0.3, -0.25) is 0 Å². The van der Waals surface area contributed by atoms with Gasteiger partial charge in [0.25, 0.3) is 0 Å². The van der Waals surface area contributed by atoms with E-state index < -0.39 is 6.03 Å². The maximum atomic E-state index is 9.97. The molecule has 0 saturated carbocycles. The van der Waals surface area contributed by atoms with Crippen LogP contribution in [0.4, 0.5) is 4.79 Å². The summed E-state index contributed by atoms with van der Waals surface area (Å²) in [5.41, 5.74) is 4.71. The molecule has 0 radical (unpaired) electrons. The molecule has 0 rings (SSSR count). The van der Waals surface area contributed by atoms with Crippen LogP contribution in [0.15, 0.2) is 0 Å². The van der Waals surface area contributed by atoms with Crippen LogP contribution in [-0.4, -0.2) is 23.8 Å². The number of primary amides is 1. The number of hydrogen-bond donors (Lipinski definition) is 3. The third-order valence-electron chi connectivity index (χ3n) is 0.663. The van der Waals surface area contributed by atoms with E-state index in [4.69, 9.17) is 10.8 Å². The van der Waals surface area contributed by atoms with Crippen LogP contribution in [0.5, 0.6) is 0 Å². The second-order valence-corrected chi connectivity index (χ2v) is 1.59. The van der Waals surface area contributed by atoms with Gasteiger partial charge < -0.3 is 16.2 Å². The summed E-state index contributed by atoms with van der Waals surface area (Å²) in [4.78, 5) is 9.97. The number of rotatable bonds is 2. The van der Waals surface area contributed by atoms with Crippen LogP contribution in [0.25, 0.3) is 0 Å². The molecule has 4 heteroatoms. The van der Waals surface area contributed by atoms with E-state index in [2.05, 4.69) is 5.32 Å². The van der Waals surface area contributed by atoms with Crippen LogP contribution in [0.3, 0.4) is 0 Å². The van der Waals surface area contributed by atoms with Crippen molar-refractivity contribution in [2.24, 2.45) is 5.73 Å². The standard InChI is InChI=1S/C4H10N2O2/c1-3(2-7)6-4(5)8/h3,7H,2H2,1H3,(H3,5,6,8)/t3-/m0/s1. The van der Waals surface area contributed by atoms with Gasteiger partial charge in [-0.15, -0.1) is 0 Å². The quantitative estimate of drug-likeness (QED) is 0.436. The Morgan fingerprint density at radius 2 is 2.50 bits per heavy atom. The average Bonchev–Trinajstić information content (AvgIpc) is 1.65. The molecular weight excluding hydrogens is 108 g/mol. The summed E-state index contributed by atoms with van der Waals surface area (Å²) in [6.07, 6.45) is 0. The molecule has 0 bridgehead atoms. The van der Waals surface area contributed by atoms with Crippen molar-refractivity contribution in [3.63, 3.8) is 0 Å². The maximum Gasteiger partial charge on any atom is 0.312 e. The topological polar surface area (TPSA) is 75.3 Å². The van der Waals surface area contributed by atoms with Gasteiger partial charge in [-0.05, 0) is 6.92 Å². The van der Waals surface area contributed by atoms with Gasteiger partial charge in [0.2, 0.25) is 0 Å². The number of nitrogens with two attached hydrogens (primary N) is 1. The van der Waals surface area contributed by atoms with Crippen LogP contribution in [0.1, 0.15) is 6.92 Å². The molecule has 48 valence electrons. The van der Waals surface area contributed by atoms with Crippen LogP contribution < -0.4 is 11.1 Å². The largest absolute Gasteiger partial charge is 0.394 e. The Bertz CT molecular complexity index is 84.1. The molecule has 0 aliphatic carbocycles. The van der Waals surface area contributed by atoms with Gasteiger partial charge in [0.05, 0.1) is 12.6 Å². The van der Waals surface area contributed by atoms with E-state index >= 15 is 0 Å². The second-order valence-electron chi connectivity index (χ2n) is 1.59. The lowest BCUT2D eigenvalue weighted by molar-refractivity contribution is 0.227. The summed E-state index contributed by atoms with van der Waals surface area (Å²) < 4.78 is 0. The highest BCUT2D eigenvalue weighted by Gasteiger charge is 1.98. The first-order valence-corrected chi connectivity index (χ1v) is 2.33. The zero-order valence-corrected chi connectivity index (χ0v) is 4.72. The SMILES string of the molecule is C[C@@H](CO)NC(N)=O. The molecule has 0 spiro atoms. The minimum atomic E-state index is -0.605. The summed E-state index contributed by atoms with van der Waals surface area (Å²) in [5.74, 6) is 0. The van der Waals surface area contributed by atoms with Gasteiger partial charge in [-0.1, -0.05) is 0 Å². The predicted molar refractivity (Wildman–Crippen MR) is 29.3 cm³/mol. The molecule has 0 saturated heterocycles. The first-order chi connectivity index (χ1) is 3.66. The van der Waals surface area contributed by atoms with Crippen molar-refractivity contribution in [1.82, 2.24) is 5.32 Å². The molecule has 0 aromatic heterocycles.